The zero-order valence-electron chi connectivity index (χ0n) is 13.2. The second-order valence-corrected chi connectivity index (χ2v) is 5.00. The maximum Gasteiger partial charge on any atom is 0.405 e. The summed E-state index contributed by atoms with van der Waals surface area (Å²) >= 11 is 0. The largest absolute Gasteiger partial charge is 0.405 e. The van der Waals surface area contributed by atoms with Crippen molar-refractivity contribution in [1.29, 1.82) is 0 Å². The first-order chi connectivity index (χ1) is 10.4. The number of carbonyl (C=O) groups is 1. The van der Waals surface area contributed by atoms with Crippen LogP contribution in [0.4, 0.5) is 13.2 Å². The zero-order valence-corrected chi connectivity index (χ0v) is 14.0. The number of rotatable bonds is 9. The van der Waals surface area contributed by atoms with E-state index in [1.807, 2.05) is 0 Å². The lowest BCUT2D eigenvalue weighted by Gasteiger charge is -2.35. The van der Waals surface area contributed by atoms with Crippen LogP contribution in [0.2, 0.25) is 0 Å². The average molecular weight is 364 g/mol. The van der Waals surface area contributed by atoms with Crippen molar-refractivity contribution in [3.05, 3.63) is 0 Å². The highest BCUT2D eigenvalue weighted by Crippen LogP contribution is 2.24. The molecule has 0 spiro atoms. The van der Waals surface area contributed by atoms with Crippen molar-refractivity contribution in [3.8, 4) is 0 Å². The molecule has 1 aliphatic rings. The van der Waals surface area contributed by atoms with Gasteiger partial charge in [-0.3, -0.25) is 9.69 Å². The summed E-state index contributed by atoms with van der Waals surface area (Å²) in [6.45, 7) is 2.19. The van der Waals surface area contributed by atoms with E-state index in [-0.39, 0.29) is 25.4 Å². The van der Waals surface area contributed by atoms with E-state index in [2.05, 4.69) is 10.6 Å². The molecule has 0 aromatic rings. The van der Waals surface area contributed by atoms with Gasteiger partial charge in [0.05, 0.1) is 19.8 Å². The van der Waals surface area contributed by atoms with Crippen molar-refractivity contribution in [2.75, 3.05) is 59.7 Å². The molecular formula is C13H25ClF3N3O3. The van der Waals surface area contributed by atoms with Crippen molar-refractivity contribution >= 4 is 18.3 Å². The third-order valence-corrected chi connectivity index (χ3v) is 3.37. The molecule has 1 rings (SSSR count). The Hall–Kier alpha value is -0.610. The van der Waals surface area contributed by atoms with Crippen LogP contribution in [0.1, 0.15) is 6.42 Å². The normalized spacial score (nSPS) is 17.4. The number of nitrogens with one attached hydrogen (secondary N) is 2. The molecule has 0 saturated carbocycles. The molecule has 0 radical (unpaired) electrons. The van der Waals surface area contributed by atoms with E-state index in [1.165, 1.54) is 12.0 Å². The minimum absolute atomic E-state index is 0. The summed E-state index contributed by atoms with van der Waals surface area (Å²) in [5, 5.41) is 5.35. The fraction of sp³-hybridized carbons (Fsp3) is 0.923. The second-order valence-electron chi connectivity index (χ2n) is 5.00. The lowest BCUT2D eigenvalue weighted by Crippen LogP contribution is -2.57. The third-order valence-electron chi connectivity index (χ3n) is 3.37. The predicted molar refractivity (Wildman–Crippen MR) is 81.9 cm³/mol. The third kappa shape index (κ3) is 9.31. The molecule has 6 nitrogen and oxygen atoms in total. The summed E-state index contributed by atoms with van der Waals surface area (Å²) in [7, 11) is 1.53. The van der Waals surface area contributed by atoms with E-state index in [9.17, 15) is 18.0 Å². The van der Waals surface area contributed by atoms with Gasteiger partial charge in [0.25, 0.3) is 0 Å². The number of alkyl halides is 3. The molecular weight excluding hydrogens is 339 g/mol. The number of ether oxygens (including phenoxy) is 2. The second kappa shape index (κ2) is 11.9. The lowest BCUT2D eigenvalue weighted by molar-refractivity contribution is -0.184. The molecule has 1 amide bonds. The summed E-state index contributed by atoms with van der Waals surface area (Å²) < 4.78 is 49.2. The standard InChI is InChI=1S/C13H24F3N3O3.ClH/c1-21-8-9-22-7-2-12(20)18-10-11(13(14,15)16)19-5-3-17-4-6-19;/h11,17H,2-10H2,1H3,(H,18,20);1H. The Bertz CT molecular complexity index is 329. The number of piperazine rings is 1. The van der Waals surface area contributed by atoms with Crippen molar-refractivity contribution in [1.82, 2.24) is 15.5 Å². The van der Waals surface area contributed by atoms with Crippen LogP contribution < -0.4 is 10.6 Å². The first-order valence-electron chi connectivity index (χ1n) is 7.30. The number of carbonyl (C=O) groups excluding carboxylic acids is 1. The molecule has 1 aliphatic heterocycles. The van der Waals surface area contributed by atoms with Crippen LogP contribution >= 0.6 is 12.4 Å². The molecule has 0 aromatic heterocycles. The summed E-state index contributed by atoms with van der Waals surface area (Å²) in [6.07, 6.45) is -4.32. The quantitative estimate of drug-likeness (QED) is 0.581. The van der Waals surface area contributed by atoms with Crippen LogP contribution in [-0.4, -0.2) is 82.7 Å². The SMILES string of the molecule is COCCOCCC(=O)NCC(N1CCNCC1)C(F)(F)F.Cl. The molecule has 2 N–H and O–H groups in total. The Morgan fingerprint density at radius 1 is 1.26 bits per heavy atom. The number of methoxy groups -OCH3 is 1. The molecule has 1 unspecified atom stereocenters. The molecule has 0 bridgehead atoms. The number of halogens is 4. The summed E-state index contributed by atoms with van der Waals surface area (Å²) in [5.41, 5.74) is 0. The van der Waals surface area contributed by atoms with Gasteiger partial charge < -0.3 is 20.1 Å². The maximum atomic E-state index is 13.1. The smallest absolute Gasteiger partial charge is 0.382 e. The summed E-state index contributed by atoms with van der Waals surface area (Å²) in [5.74, 6) is -0.443. The molecule has 0 aliphatic carbocycles. The monoisotopic (exact) mass is 363 g/mol. The van der Waals surface area contributed by atoms with Crippen LogP contribution in [0.15, 0.2) is 0 Å². The van der Waals surface area contributed by atoms with Gasteiger partial charge in [-0.2, -0.15) is 13.2 Å². The Labute approximate surface area is 140 Å². The van der Waals surface area contributed by atoms with Crippen molar-refractivity contribution in [2.24, 2.45) is 0 Å². The average Bonchev–Trinajstić information content (AvgIpc) is 2.47. The highest BCUT2D eigenvalue weighted by molar-refractivity contribution is 5.85. The first kappa shape index (κ1) is 22.4. The van der Waals surface area contributed by atoms with Crippen LogP contribution in [0.5, 0.6) is 0 Å². The number of hydrogen-bond acceptors (Lipinski definition) is 5. The van der Waals surface area contributed by atoms with Gasteiger partial charge in [-0.1, -0.05) is 0 Å². The Kier molecular flexibility index (Phi) is 11.5. The molecule has 138 valence electrons. The number of amides is 1. The van der Waals surface area contributed by atoms with Gasteiger partial charge in [-0.15, -0.1) is 12.4 Å². The van der Waals surface area contributed by atoms with Gasteiger partial charge in [0.1, 0.15) is 6.04 Å². The van der Waals surface area contributed by atoms with Crippen LogP contribution in [0.3, 0.4) is 0 Å². The van der Waals surface area contributed by atoms with E-state index in [0.29, 0.717) is 39.4 Å². The van der Waals surface area contributed by atoms with Crippen LogP contribution in [0, 0.1) is 0 Å². The highest BCUT2D eigenvalue weighted by atomic mass is 35.5. The van der Waals surface area contributed by atoms with Crippen molar-refractivity contribution < 1.29 is 27.4 Å². The maximum absolute atomic E-state index is 13.1. The summed E-state index contributed by atoms with van der Waals surface area (Å²) in [6, 6.07) is -1.65. The van der Waals surface area contributed by atoms with E-state index < -0.39 is 24.7 Å². The minimum Gasteiger partial charge on any atom is -0.382 e. The van der Waals surface area contributed by atoms with Crippen LogP contribution in [-0.2, 0) is 14.3 Å². The van der Waals surface area contributed by atoms with Gasteiger partial charge in [0, 0.05) is 46.3 Å². The van der Waals surface area contributed by atoms with Gasteiger partial charge >= 0.3 is 6.18 Å². The topological polar surface area (TPSA) is 62.8 Å². The zero-order chi connectivity index (χ0) is 16.4. The molecule has 1 fully saturated rings. The van der Waals surface area contributed by atoms with E-state index in [4.69, 9.17) is 9.47 Å². The predicted octanol–water partition coefficient (Wildman–Crippen LogP) is 0.414. The fourth-order valence-electron chi connectivity index (χ4n) is 2.15. The number of hydrogen-bond donors (Lipinski definition) is 2. The van der Waals surface area contributed by atoms with E-state index >= 15 is 0 Å². The highest BCUT2D eigenvalue weighted by Gasteiger charge is 2.43. The number of nitrogens with zero attached hydrogens (tertiary/aromatic N) is 1. The van der Waals surface area contributed by atoms with E-state index in [0.717, 1.165) is 0 Å². The van der Waals surface area contributed by atoms with E-state index in [1.54, 1.807) is 0 Å². The van der Waals surface area contributed by atoms with Gasteiger partial charge in [0.2, 0.25) is 5.91 Å². The fourth-order valence-corrected chi connectivity index (χ4v) is 2.15. The molecule has 0 aromatic carbocycles. The Morgan fingerprint density at radius 3 is 2.48 bits per heavy atom. The molecule has 1 saturated heterocycles. The molecule has 10 heteroatoms. The molecule has 1 atom stereocenters. The Morgan fingerprint density at radius 2 is 1.91 bits per heavy atom. The van der Waals surface area contributed by atoms with Crippen molar-refractivity contribution in [2.45, 2.75) is 18.6 Å². The molecule has 1 heterocycles. The van der Waals surface area contributed by atoms with Gasteiger partial charge in [-0.05, 0) is 0 Å². The van der Waals surface area contributed by atoms with Gasteiger partial charge in [-0.25, -0.2) is 0 Å². The minimum atomic E-state index is -4.36. The molecule has 23 heavy (non-hydrogen) atoms. The first-order valence-corrected chi connectivity index (χ1v) is 7.30. The van der Waals surface area contributed by atoms with Gasteiger partial charge in [0.15, 0.2) is 0 Å². The Balaban J connectivity index is 0.00000484. The summed E-state index contributed by atoms with van der Waals surface area (Å²) in [4.78, 5) is 12.9. The lowest BCUT2D eigenvalue weighted by atomic mass is 10.2. The van der Waals surface area contributed by atoms with Crippen LogP contribution in [0.25, 0.3) is 0 Å². The van der Waals surface area contributed by atoms with Crippen molar-refractivity contribution in [3.63, 3.8) is 0 Å².